The van der Waals surface area contributed by atoms with Crippen molar-refractivity contribution in [1.82, 2.24) is 18.7 Å². The van der Waals surface area contributed by atoms with Gasteiger partial charge in [-0.05, 0) is 30.5 Å². The minimum Gasteiger partial charge on any atom is -0.247 e. The number of hydrogen-bond donors (Lipinski definition) is 0. The minimum atomic E-state index is -3.37. The van der Waals surface area contributed by atoms with E-state index >= 15 is 0 Å². The smallest absolute Gasteiger partial charge is 0.247 e. The van der Waals surface area contributed by atoms with Gasteiger partial charge in [-0.25, -0.2) is 26.8 Å². The SMILES string of the molecule is Cn1nc(C2CCN(S(=O)(=O)Cc3ccccc3)CC2)n(-c2ccccc2)c1=O. The number of sulfonamides is 1. The fraction of sp³-hybridized carbons (Fsp3) is 0.333. The lowest BCUT2D eigenvalue weighted by Crippen LogP contribution is -2.39. The van der Waals surface area contributed by atoms with Gasteiger partial charge in [0.1, 0.15) is 5.82 Å². The molecular formula is C21H24N4O3S. The largest absolute Gasteiger partial charge is 0.350 e. The maximum atomic E-state index is 12.8. The van der Waals surface area contributed by atoms with Gasteiger partial charge < -0.3 is 0 Å². The molecule has 0 amide bonds. The summed E-state index contributed by atoms with van der Waals surface area (Å²) in [5, 5.41) is 4.46. The Kier molecular flexibility index (Phi) is 5.38. The Morgan fingerprint density at radius 2 is 1.55 bits per heavy atom. The molecule has 0 N–H and O–H groups in total. The van der Waals surface area contributed by atoms with Crippen molar-refractivity contribution in [1.29, 1.82) is 0 Å². The van der Waals surface area contributed by atoms with Crippen molar-refractivity contribution >= 4 is 10.0 Å². The zero-order chi connectivity index (χ0) is 20.4. The molecule has 0 radical (unpaired) electrons. The third-order valence-electron chi connectivity index (χ3n) is 5.37. The molecule has 8 heteroatoms. The molecule has 0 atom stereocenters. The lowest BCUT2D eigenvalue weighted by molar-refractivity contribution is 0.311. The van der Waals surface area contributed by atoms with Gasteiger partial charge in [0.15, 0.2) is 0 Å². The first-order valence-electron chi connectivity index (χ1n) is 9.69. The van der Waals surface area contributed by atoms with Crippen LogP contribution in [-0.4, -0.2) is 40.2 Å². The number of hydrogen-bond acceptors (Lipinski definition) is 4. The zero-order valence-corrected chi connectivity index (χ0v) is 17.1. The molecule has 0 saturated carbocycles. The number of piperidine rings is 1. The highest BCUT2D eigenvalue weighted by Crippen LogP contribution is 2.29. The second-order valence-electron chi connectivity index (χ2n) is 7.35. The van der Waals surface area contributed by atoms with Gasteiger partial charge in [0.25, 0.3) is 0 Å². The highest BCUT2D eigenvalue weighted by atomic mass is 32.2. The molecule has 0 aliphatic carbocycles. The quantitative estimate of drug-likeness (QED) is 0.644. The van der Waals surface area contributed by atoms with Crippen LogP contribution in [0.5, 0.6) is 0 Å². The number of para-hydroxylation sites is 1. The summed E-state index contributed by atoms with van der Waals surface area (Å²) in [7, 11) is -1.72. The molecule has 2 heterocycles. The minimum absolute atomic E-state index is 0.0107. The summed E-state index contributed by atoms with van der Waals surface area (Å²) >= 11 is 0. The van der Waals surface area contributed by atoms with E-state index in [1.807, 2.05) is 60.7 Å². The van der Waals surface area contributed by atoms with Gasteiger partial charge >= 0.3 is 5.69 Å². The Hall–Kier alpha value is -2.71. The highest BCUT2D eigenvalue weighted by Gasteiger charge is 2.31. The number of aromatic nitrogens is 3. The lowest BCUT2D eigenvalue weighted by atomic mass is 9.97. The molecule has 1 saturated heterocycles. The predicted octanol–water partition coefficient (Wildman–Crippen LogP) is 2.28. The van der Waals surface area contributed by atoms with Gasteiger partial charge in [0, 0.05) is 26.1 Å². The fourth-order valence-electron chi connectivity index (χ4n) is 3.84. The van der Waals surface area contributed by atoms with E-state index in [0.29, 0.717) is 31.8 Å². The number of rotatable bonds is 5. The Balaban J connectivity index is 1.52. The Morgan fingerprint density at radius 3 is 2.17 bits per heavy atom. The zero-order valence-electron chi connectivity index (χ0n) is 16.3. The summed E-state index contributed by atoms with van der Waals surface area (Å²) in [6, 6.07) is 18.7. The third kappa shape index (κ3) is 4.04. The molecule has 1 aromatic heterocycles. The van der Waals surface area contributed by atoms with Gasteiger partial charge in [-0.1, -0.05) is 48.5 Å². The van der Waals surface area contributed by atoms with Gasteiger partial charge in [-0.3, -0.25) is 0 Å². The van der Waals surface area contributed by atoms with Gasteiger partial charge in [-0.15, -0.1) is 0 Å². The molecule has 1 aliphatic heterocycles. The van der Waals surface area contributed by atoms with Crippen LogP contribution < -0.4 is 5.69 Å². The molecule has 152 valence electrons. The standard InChI is InChI=1S/C21H24N4O3S/c1-23-21(26)25(19-10-6-3-7-11-19)20(22-23)18-12-14-24(15-13-18)29(27,28)16-17-8-4-2-5-9-17/h2-11,18H,12-16H2,1H3. The van der Waals surface area contributed by atoms with Gasteiger partial charge in [-0.2, -0.15) is 5.10 Å². The molecule has 2 aromatic carbocycles. The molecule has 29 heavy (non-hydrogen) atoms. The summed E-state index contributed by atoms with van der Waals surface area (Å²) in [5.41, 5.74) is 1.38. The van der Waals surface area contributed by atoms with Crippen LogP contribution in [0, 0.1) is 0 Å². The maximum Gasteiger partial charge on any atom is 0.350 e. The Bertz CT molecular complexity index is 1130. The molecule has 1 fully saturated rings. The fourth-order valence-corrected chi connectivity index (χ4v) is 5.40. The van der Waals surface area contributed by atoms with E-state index in [1.54, 1.807) is 15.9 Å². The average Bonchev–Trinajstić information content (AvgIpc) is 3.04. The summed E-state index contributed by atoms with van der Waals surface area (Å²) in [4.78, 5) is 12.6. The van der Waals surface area contributed by atoms with Gasteiger partial charge in [0.2, 0.25) is 10.0 Å². The topological polar surface area (TPSA) is 77.2 Å². The number of aryl methyl sites for hydroxylation is 1. The Morgan fingerprint density at radius 1 is 0.966 bits per heavy atom. The molecule has 0 spiro atoms. The molecule has 0 unspecified atom stereocenters. The van der Waals surface area contributed by atoms with Crippen LogP contribution in [-0.2, 0) is 22.8 Å². The van der Waals surface area contributed by atoms with Crippen molar-refractivity contribution in [2.24, 2.45) is 7.05 Å². The van der Waals surface area contributed by atoms with Crippen LogP contribution in [0.2, 0.25) is 0 Å². The van der Waals surface area contributed by atoms with Crippen molar-refractivity contribution in [2.45, 2.75) is 24.5 Å². The van der Waals surface area contributed by atoms with Crippen molar-refractivity contribution in [2.75, 3.05) is 13.1 Å². The summed E-state index contributed by atoms with van der Waals surface area (Å²) < 4.78 is 30.1. The second-order valence-corrected chi connectivity index (χ2v) is 9.32. The van der Waals surface area contributed by atoms with E-state index in [1.165, 1.54) is 4.68 Å². The van der Waals surface area contributed by atoms with Crippen LogP contribution in [0.4, 0.5) is 0 Å². The van der Waals surface area contributed by atoms with E-state index in [-0.39, 0.29) is 17.4 Å². The second kappa shape index (κ2) is 7.96. The van der Waals surface area contributed by atoms with Crippen LogP contribution in [0.1, 0.15) is 30.1 Å². The van der Waals surface area contributed by atoms with Crippen LogP contribution in [0.15, 0.2) is 65.5 Å². The van der Waals surface area contributed by atoms with Crippen molar-refractivity contribution in [3.05, 3.63) is 82.5 Å². The van der Waals surface area contributed by atoms with Gasteiger partial charge in [0.05, 0.1) is 11.4 Å². The average molecular weight is 413 g/mol. The summed E-state index contributed by atoms with van der Waals surface area (Å²) in [6.07, 6.45) is 1.27. The third-order valence-corrected chi connectivity index (χ3v) is 7.22. The molecule has 4 rings (SSSR count). The van der Waals surface area contributed by atoms with Crippen molar-refractivity contribution < 1.29 is 8.42 Å². The van der Waals surface area contributed by atoms with Crippen LogP contribution in [0.25, 0.3) is 5.69 Å². The molecule has 0 bridgehead atoms. The van der Waals surface area contributed by atoms with Crippen molar-refractivity contribution in [3.8, 4) is 5.69 Å². The summed E-state index contributed by atoms with van der Waals surface area (Å²) in [5.74, 6) is 0.743. The van der Waals surface area contributed by atoms with Crippen LogP contribution in [0.3, 0.4) is 0 Å². The molecule has 7 nitrogen and oxygen atoms in total. The van der Waals surface area contributed by atoms with E-state index in [2.05, 4.69) is 5.10 Å². The lowest BCUT2D eigenvalue weighted by Gasteiger charge is -2.30. The highest BCUT2D eigenvalue weighted by molar-refractivity contribution is 7.88. The van der Waals surface area contributed by atoms with E-state index in [9.17, 15) is 13.2 Å². The predicted molar refractivity (Wildman–Crippen MR) is 111 cm³/mol. The van der Waals surface area contributed by atoms with E-state index < -0.39 is 10.0 Å². The normalized spacial score (nSPS) is 16.2. The van der Waals surface area contributed by atoms with Crippen LogP contribution >= 0.6 is 0 Å². The summed E-state index contributed by atoms with van der Waals surface area (Å²) in [6.45, 7) is 0.860. The number of benzene rings is 2. The maximum absolute atomic E-state index is 12.8. The first-order chi connectivity index (χ1) is 14.0. The monoisotopic (exact) mass is 412 g/mol. The first-order valence-corrected chi connectivity index (χ1v) is 11.3. The number of nitrogens with zero attached hydrogens (tertiary/aromatic N) is 4. The van der Waals surface area contributed by atoms with E-state index in [0.717, 1.165) is 11.3 Å². The van der Waals surface area contributed by atoms with E-state index in [4.69, 9.17) is 0 Å². The molecule has 3 aromatic rings. The molecule has 1 aliphatic rings. The Labute approximate surface area is 170 Å². The van der Waals surface area contributed by atoms with Crippen molar-refractivity contribution in [3.63, 3.8) is 0 Å². The first kappa shape index (κ1) is 19.6. The molecular weight excluding hydrogens is 388 g/mol.